The monoisotopic (exact) mass is 268 g/mol. The van der Waals surface area contributed by atoms with E-state index in [-0.39, 0.29) is 15.5 Å². The Morgan fingerprint density at radius 2 is 1.88 bits per heavy atom. The molecule has 0 aliphatic heterocycles. The molecule has 0 bridgehead atoms. The molecule has 0 spiro atoms. The van der Waals surface area contributed by atoms with Crippen LogP contribution in [0.1, 0.15) is 10.4 Å². The van der Waals surface area contributed by atoms with Gasteiger partial charge in [-0.3, -0.25) is 4.79 Å². The molecule has 0 unspecified atom stereocenters. The summed E-state index contributed by atoms with van der Waals surface area (Å²) < 4.78 is 28.6. The summed E-state index contributed by atoms with van der Waals surface area (Å²) in [6.07, 6.45) is 0.555. The molecule has 4 nitrogen and oxygen atoms in total. The van der Waals surface area contributed by atoms with Crippen molar-refractivity contribution in [2.45, 2.75) is 4.21 Å². The fraction of sp³-hybridized carbons (Fsp3) is 0. The first-order valence-electron chi connectivity index (χ1n) is 4.66. The second-order valence-corrected chi connectivity index (χ2v) is 5.85. The third-order valence-corrected chi connectivity index (χ3v) is 4.58. The molecule has 6 heteroatoms. The average Bonchev–Trinajstić information content (AvgIpc) is 2.83. The molecule has 0 N–H and O–H groups in total. The molecule has 0 amide bonds. The van der Waals surface area contributed by atoms with Gasteiger partial charge in [-0.05, 0) is 23.6 Å². The standard InChI is InChI=1S/C11H8O4S2/c12-8-9-4-1-2-5-10(9)15-17(13,14)11-6-3-7-16-11/h1-8H. The minimum atomic E-state index is -3.84. The molecule has 2 aromatic rings. The summed E-state index contributed by atoms with van der Waals surface area (Å²) >= 11 is 1.06. The van der Waals surface area contributed by atoms with E-state index < -0.39 is 10.1 Å². The zero-order chi connectivity index (χ0) is 12.3. The highest BCUT2D eigenvalue weighted by atomic mass is 32.3. The molecule has 1 heterocycles. The molecule has 88 valence electrons. The maximum Gasteiger partial charge on any atom is 0.348 e. The Morgan fingerprint density at radius 1 is 1.12 bits per heavy atom. The predicted molar refractivity (Wildman–Crippen MR) is 64.0 cm³/mol. The molecule has 0 saturated carbocycles. The normalized spacial score (nSPS) is 11.1. The summed E-state index contributed by atoms with van der Waals surface area (Å²) in [5.41, 5.74) is 0.202. The van der Waals surface area contributed by atoms with Crippen LogP contribution in [0.2, 0.25) is 0 Å². The molecule has 2 rings (SSSR count). The highest BCUT2D eigenvalue weighted by molar-refractivity contribution is 7.89. The van der Waals surface area contributed by atoms with Crippen molar-refractivity contribution in [1.82, 2.24) is 0 Å². The summed E-state index contributed by atoms with van der Waals surface area (Å²) in [7, 11) is -3.84. The number of thiophene rings is 1. The Morgan fingerprint density at radius 3 is 2.53 bits per heavy atom. The van der Waals surface area contributed by atoms with E-state index in [1.54, 1.807) is 23.6 Å². The second kappa shape index (κ2) is 4.68. The van der Waals surface area contributed by atoms with E-state index in [4.69, 9.17) is 4.18 Å². The topological polar surface area (TPSA) is 60.4 Å². The molecular weight excluding hydrogens is 260 g/mol. The third-order valence-electron chi connectivity index (χ3n) is 1.99. The van der Waals surface area contributed by atoms with Crippen LogP contribution in [0.5, 0.6) is 5.75 Å². The minimum Gasteiger partial charge on any atom is -0.378 e. The fourth-order valence-electron chi connectivity index (χ4n) is 1.22. The zero-order valence-corrected chi connectivity index (χ0v) is 10.2. The zero-order valence-electron chi connectivity index (χ0n) is 8.57. The van der Waals surface area contributed by atoms with E-state index in [0.29, 0.717) is 6.29 Å². The van der Waals surface area contributed by atoms with E-state index >= 15 is 0 Å². The van der Waals surface area contributed by atoms with Gasteiger partial charge in [-0.1, -0.05) is 18.2 Å². The number of rotatable bonds is 4. The van der Waals surface area contributed by atoms with Gasteiger partial charge in [0.25, 0.3) is 0 Å². The highest BCUT2D eigenvalue weighted by Gasteiger charge is 2.18. The van der Waals surface area contributed by atoms with Gasteiger partial charge in [-0.25, -0.2) is 0 Å². The first-order chi connectivity index (χ1) is 8.13. The van der Waals surface area contributed by atoms with Gasteiger partial charge in [0.15, 0.2) is 16.2 Å². The molecule has 0 atom stereocenters. The smallest absolute Gasteiger partial charge is 0.348 e. The number of para-hydroxylation sites is 1. The van der Waals surface area contributed by atoms with Gasteiger partial charge in [0.2, 0.25) is 0 Å². The Bertz CT molecular complexity index is 615. The van der Waals surface area contributed by atoms with E-state index in [0.717, 1.165) is 11.3 Å². The van der Waals surface area contributed by atoms with Crippen molar-refractivity contribution in [3.8, 4) is 5.75 Å². The minimum absolute atomic E-state index is 0.0379. The van der Waals surface area contributed by atoms with E-state index in [2.05, 4.69) is 0 Å². The number of aldehydes is 1. The molecule has 1 aromatic heterocycles. The van der Waals surface area contributed by atoms with E-state index in [1.807, 2.05) is 0 Å². The molecule has 17 heavy (non-hydrogen) atoms. The van der Waals surface area contributed by atoms with Crippen molar-refractivity contribution in [1.29, 1.82) is 0 Å². The maximum atomic E-state index is 11.8. The quantitative estimate of drug-likeness (QED) is 0.630. The lowest BCUT2D eigenvalue weighted by atomic mass is 10.2. The Balaban J connectivity index is 2.36. The van der Waals surface area contributed by atoms with Crippen molar-refractivity contribution >= 4 is 27.7 Å². The van der Waals surface area contributed by atoms with Crippen LogP contribution in [0.15, 0.2) is 46.0 Å². The first-order valence-corrected chi connectivity index (χ1v) is 6.94. The maximum absolute atomic E-state index is 11.8. The number of carbonyl (C=O) groups is 1. The van der Waals surface area contributed by atoms with Crippen LogP contribution < -0.4 is 4.18 Å². The van der Waals surface area contributed by atoms with Crippen molar-refractivity contribution in [3.63, 3.8) is 0 Å². The summed E-state index contributed by atoms with van der Waals surface area (Å²) in [5.74, 6) is 0.0379. The lowest BCUT2D eigenvalue weighted by Gasteiger charge is -2.06. The lowest BCUT2D eigenvalue weighted by molar-refractivity contribution is 0.112. The SMILES string of the molecule is O=Cc1ccccc1OS(=O)(=O)c1cccs1. The Kier molecular flexibility index (Phi) is 3.26. The number of hydrogen-bond donors (Lipinski definition) is 0. The lowest BCUT2D eigenvalue weighted by Crippen LogP contribution is -2.09. The van der Waals surface area contributed by atoms with Gasteiger partial charge < -0.3 is 4.18 Å². The molecule has 0 aliphatic rings. The largest absolute Gasteiger partial charge is 0.378 e. The van der Waals surface area contributed by atoms with Crippen LogP contribution >= 0.6 is 11.3 Å². The van der Waals surface area contributed by atoms with Crippen LogP contribution in [0, 0.1) is 0 Å². The van der Waals surface area contributed by atoms with Crippen molar-refractivity contribution < 1.29 is 17.4 Å². The Hall–Kier alpha value is -1.66. The van der Waals surface area contributed by atoms with E-state index in [1.165, 1.54) is 18.2 Å². The second-order valence-electron chi connectivity index (χ2n) is 3.13. The predicted octanol–water partition coefficient (Wildman–Crippen LogP) is 2.33. The highest BCUT2D eigenvalue weighted by Crippen LogP contribution is 2.24. The molecule has 0 fully saturated rings. The van der Waals surface area contributed by atoms with Gasteiger partial charge in [0.1, 0.15) is 0 Å². The Labute approximate surface area is 103 Å². The molecule has 0 aliphatic carbocycles. The van der Waals surface area contributed by atoms with E-state index in [9.17, 15) is 13.2 Å². The van der Waals surface area contributed by atoms with Gasteiger partial charge >= 0.3 is 10.1 Å². The first kappa shape index (κ1) is 11.8. The van der Waals surface area contributed by atoms with Crippen molar-refractivity contribution in [2.75, 3.05) is 0 Å². The molecule has 0 saturated heterocycles. The van der Waals surface area contributed by atoms with Gasteiger partial charge in [-0.15, -0.1) is 11.3 Å². The molecular formula is C11H8O4S2. The van der Waals surface area contributed by atoms with Gasteiger partial charge in [0.05, 0.1) is 5.56 Å². The summed E-state index contributed by atoms with van der Waals surface area (Å²) in [4.78, 5) is 10.7. The van der Waals surface area contributed by atoms with Crippen LogP contribution in [-0.4, -0.2) is 14.7 Å². The van der Waals surface area contributed by atoms with Crippen molar-refractivity contribution in [3.05, 3.63) is 47.3 Å². The third kappa shape index (κ3) is 2.54. The average molecular weight is 268 g/mol. The van der Waals surface area contributed by atoms with Crippen LogP contribution in [0.4, 0.5) is 0 Å². The number of benzene rings is 1. The fourth-order valence-corrected chi connectivity index (χ4v) is 3.12. The molecule has 0 radical (unpaired) electrons. The van der Waals surface area contributed by atoms with Crippen LogP contribution in [0.25, 0.3) is 0 Å². The number of hydrogen-bond acceptors (Lipinski definition) is 5. The summed E-state index contributed by atoms with van der Waals surface area (Å²) in [6, 6.07) is 9.23. The summed E-state index contributed by atoms with van der Waals surface area (Å²) in [6.45, 7) is 0. The van der Waals surface area contributed by atoms with Gasteiger partial charge in [-0.2, -0.15) is 8.42 Å². The number of carbonyl (C=O) groups excluding carboxylic acids is 1. The van der Waals surface area contributed by atoms with Crippen LogP contribution in [0.3, 0.4) is 0 Å². The van der Waals surface area contributed by atoms with Crippen LogP contribution in [-0.2, 0) is 10.1 Å². The molecule has 1 aromatic carbocycles. The summed E-state index contributed by atoms with van der Waals surface area (Å²) in [5, 5.41) is 1.64. The van der Waals surface area contributed by atoms with Gasteiger partial charge in [0, 0.05) is 0 Å². The van der Waals surface area contributed by atoms with Crippen molar-refractivity contribution in [2.24, 2.45) is 0 Å².